The molecule has 2 heterocycles. The maximum atomic E-state index is 11.6. The lowest BCUT2D eigenvalue weighted by Gasteiger charge is -2.02. The second kappa shape index (κ2) is 3.64. The summed E-state index contributed by atoms with van der Waals surface area (Å²) in [5, 5.41) is 9.11. The summed E-state index contributed by atoms with van der Waals surface area (Å²) >= 11 is 0. The summed E-state index contributed by atoms with van der Waals surface area (Å²) in [6.45, 7) is 0. The molecule has 2 aromatic heterocycles. The first-order valence-corrected chi connectivity index (χ1v) is 5.36. The summed E-state index contributed by atoms with van der Waals surface area (Å²) in [5.74, 6) is -0.507. The van der Waals surface area contributed by atoms with E-state index in [9.17, 15) is 4.79 Å². The molecule has 5 nitrogen and oxygen atoms in total. The summed E-state index contributed by atoms with van der Waals surface area (Å²) < 4.78 is 6.60. The van der Waals surface area contributed by atoms with Crippen LogP contribution in [0.15, 0.2) is 30.5 Å². The van der Waals surface area contributed by atoms with Gasteiger partial charge in [-0.2, -0.15) is 5.26 Å². The number of hydrogen-bond acceptors (Lipinski definition) is 3. The molecule has 0 saturated carbocycles. The van der Waals surface area contributed by atoms with E-state index in [0.29, 0.717) is 5.56 Å². The van der Waals surface area contributed by atoms with Crippen LogP contribution < -0.4 is 0 Å². The van der Waals surface area contributed by atoms with Crippen LogP contribution in [0.3, 0.4) is 0 Å². The van der Waals surface area contributed by atoms with Crippen molar-refractivity contribution in [3.63, 3.8) is 0 Å². The van der Waals surface area contributed by atoms with E-state index in [1.807, 2.05) is 28.8 Å². The molecule has 3 aromatic rings. The lowest BCUT2D eigenvalue weighted by atomic mass is 10.1. The number of methoxy groups -OCH3 is 1. The Balaban J connectivity index is 2.39. The Morgan fingerprint density at radius 2 is 2.33 bits per heavy atom. The van der Waals surface area contributed by atoms with E-state index in [2.05, 4.69) is 9.72 Å². The number of ether oxygens (including phenoxy) is 1. The standard InChI is InChI=1S/C13H9N3O2/c1-18-13(17)9-6-10-11(5-8(9)7-14)16-4-2-3-12(16)15-10/h2-6,15H,1H3. The number of aromatic nitrogens is 2. The molecule has 5 heteroatoms. The summed E-state index contributed by atoms with van der Waals surface area (Å²) in [4.78, 5) is 14.8. The van der Waals surface area contributed by atoms with E-state index in [-0.39, 0.29) is 5.56 Å². The molecular weight excluding hydrogens is 230 g/mol. The largest absolute Gasteiger partial charge is 0.465 e. The highest BCUT2D eigenvalue weighted by Crippen LogP contribution is 2.22. The molecule has 0 fully saturated rings. The number of carbonyl (C=O) groups excluding carboxylic acids is 1. The molecular formula is C13H9N3O2. The van der Waals surface area contributed by atoms with Crippen LogP contribution in [0.4, 0.5) is 0 Å². The van der Waals surface area contributed by atoms with E-state index in [4.69, 9.17) is 5.26 Å². The first-order chi connectivity index (χ1) is 8.74. The van der Waals surface area contributed by atoms with Crippen molar-refractivity contribution < 1.29 is 9.53 Å². The van der Waals surface area contributed by atoms with Crippen LogP contribution in [0, 0.1) is 11.3 Å². The molecule has 0 bridgehead atoms. The van der Waals surface area contributed by atoms with E-state index in [0.717, 1.165) is 16.7 Å². The molecule has 0 amide bonds. The average molecular weight is 239 g/mol. The molecule has 0 spiro atoms. The average Bonchev–Trinajstić information content (AvgIpc) is 2.96. The zero-order valence-electron chi connectivity index (χ0n) is 9.60. The topological polar surface area (TPSA) is 70.3 Å². The number of carbonyl (C=O) groups is 1. The van der Waals surface area contributed by atoms with Crippen LogP contribution >= 0.6 is 0 Å². The molecule has 0 aliphatic rings. The maximum Gasteiger partial charge on any atom is 0.339 e. The minimum atomic E-state index is -0.507. The molecule has 88 valence electrons. The number of nitrogens with one attached hydrogen (secondary N) is 1. The van der Waals surface area contributed by atoms with Crippen LogP contribution in [-0.2, 0) is 4.74 Å². The van der Waals surface area contributed by atoms with E-state index in [1.165, 1.54) is 7.11 Å². The molecule has 0 aliphatic heterocycles. The zero-order chi connectivity index (χ0) is 12.7. The highest BCUT2D eigenvalue weighted by molar-refractivity contribution is 5.97. The lowest BCUT2D eigenvalue weighted by Crippen LogP contribution is -2.04. The first kappa shape index (κ1) is 10.4. The normalized spacial score (nSPS) is 10.7. The number of benzene rings is 1. The number of fused-ring (bicyclic) bond motifs is 3. The summed E-state index contributed by atoms with van der Waals surface area (Å²) in [5.41, 5.74) is 3.15. The van der Waals surface area contributed by atoms with Crippen molar-refractivity contribution >= 4 is 22.6 Å². The summed E-state index contributed by atoms with van der Waals surface area (Å²) in [7, 11) is 1.30. The Bertz CT molecular complexity index is 805. The second-order valence-corrected chi connectivity index (χ2v) is 3.91. The van der Waals surface area contributed by atoms with Gasteiger partial charge < -0.3 is 14.1 Å². The minimum absolute atomic E-state index is 0.275. The maximum absolute atomic E-state index is 11.6. The van der Waals surface area contributed by atoms with Gasteiger partial charge in [-0.25, -0.2) is 4.79 Å². The third-order valence-corrected chi connectivity index (χ3v) is 2.93. The number of nitriles is 1. The van der Waals surface area contributed by atoms with Gasteiger partial charge in [0.25, 0.3) is 0 Å². The van der Waals surface area contributed by atoms with Gasteiger partial charge in [-0.1, -0.05) is 0 Å². The van der Waals surface area contributed by atoms with Gasteiger partial charge in [-0.05, 0) is 24.3 Å². The van der Waals surface area contributed by atoms with Crippen molar-refractivity contribution in [3.8, 4) is 6.07 Å². The van der Waals surface area contributed by atoms with Gasteiger partial charge in [0.1, 0.15) is 11.7 Å². The Hall–Kier alpha value is -2.74. The van der Waals surface area contributed by atoms with E-state index in [1.54, 1.807) is 12.1 Å². The fourth-order valence-electron chi connectivity index (χ4n) is 2.09. The predicted molar refractivity (Wildman–Crippen MR) is 65.3 cm³/mol. The van der Waals surface area contributed by atoms with E-state index >= 15 is 0 Å². The molecule has 1 aromatic carbocycles. The van der Waals surface area contributed by atoms with Crippen molar-refractivity contribution in [1.29, 1.82) is 5.26 Å². The predicted octanol–water partition coefficient (Wildman–Crippen LogP) is 2.08. The smallest absolute Gasteiger partial charge is 0.339 e. The highest BCUT2D eigenvalue weighted by Gasteiger charge is 2.15. The Morgan fingerprint density at radius 3 is 3.06 bits per heavy atom. The Labute approximate surface area is 102 Å². The molecule has 0 aliphatic carbocycles. The number of H-pyrrole nitrogens is 1. The van der Waals surface area contributed by atoms with Gasteiger partial charge >= 0.3 is 5.97 Å². The zero-order valence-corrected chi connectivity index (χ0v) is 9.60. The molecule has 0 radical (unpaired) electrons. The van der Waals surface area contributed by atoms with Gasteiger partial charge in [0.15, 0.2) is 0 Å². The first-order valence-electron chi connectivity index (χ1n) is 5.36. The van der Waals surface area contributed by atoms with Gasteiger partial charge in [0.2, 0.25) is 0 Å². The number of aromatic amines is 1. The van der Waals surface area contributed by atoms with E-state index < -0.39 is 5.97 Å². The van der Waals surface area contributed by atoms with Crippen molar-refractivity contribution in [1.82, 2.24) is 9.38 Å². The van der Waals surface area contributed by atoms with Crippen LogP contribution in [-0.4, -0.2) is 22.5 Å². The molecule has 1 N–H and O–H groups in total. The monoisotopic (exact) mass is 239 g/mol. The third kappa shape index (κ3) is 1.29. The molecule has 18 heavy (non-hydrogen) atoms. The molecule has 0 saturated heterocycles. The van der Waals surface area contributed by atoms with Gasteiger partial charge in [0.05, 0.1) is 29.3 Å². The molecule has 0 unspecified atom stereocenters. The number of nitrogens with zero attached hydrogens (tertiary/aromatic N) is 2. The number of imidazole rings is 1. The SMILES string of the molecule is COC(=O)c1cc2[nH]c3cccn3c2cc1C#N. The Morgan fingerprint density at radius 1 is 1.50 bits per heavy atom. The quantitative estimate of drug-likeness (QED) is 0.661. The van der Waals surface area contributed by atoms with Gasteiger partial charge in [-0.3, -0.25) is 0 Å². The molecule has 0 atom stereocenters. The number of hydrogen-bond donors (Lipinski definition) is 1. The minimum Gasteiger partial charge on any atom is -0.465 e. The lowest BCUT2D eigenvalue weighted by molar-refractivity contribution is 0.0600. The fraction of sp³-hybridized carbons (Fsp3) is 0.0769. The molecule has 3 rings (SSSR count). The van der Waals surface area contributed by atoms with Crippen molar-refractivity contribution in [2.24, 2.45) is 0 Å². The third-order valence-electron chi connectivity index (χ3n) is 2.93. The van der Waals surface area contributed by atoms with Crippen LogP contribution in [0.1, 0.15) is 15.9 Å². The Kier molecular flexibility index (Phi) is 2.10. The number of rotatable bonds is 1. The van der Waals surface area contributed by atoms with Gasteiger partial charge in [-0.15, -0.1) is 0 Å². The van der Waals surface area contributed by atoms with Crippen molar-refractivity contribution in [2.45, 2.75) is 0 Å². The summed E-state index contributed by atoms with van der Waals surface area (Å²) in [6.07, 6.45) is 1.90. The fourth-order valence-corrected chi connectivity index (χ4v) is 2.09. The van der Waals surface area contributed by atoms with Crippen molar-refractivity contribution in [3.05, 3.63) is 41.6 Å². The highest BCUT2D eigenvalue weighted by atomic mass is 16.5. The summed E-state index contributed by atoms with van der Waals surface area (Å²) in [6, 6.07) is 9.18. The van der Waals surface area contributed by atoms with Crippen LogP contribution in [0.2, 0.25) is 0 Å². The van der Waals surface area contributed by atoms with Crippen LogP contribution in [0.5, 0.6) is 0 Å². The number of esters is 1. The van der Waals surface area contributed by atoms with Crippen LogP contribution in [0.25, 0.3) is 16.7 Å². The van der Waals surface area contributed by atoms with Crippen molar-refractivity contribution in [2.75, 3.05) is 7.11 Å². The van der Waals surface area contributed by atoms with Gasteiger partial charge in [0, 0.05) is 6.20 Å². The second-order valence-electron chi connectivity index (χ2n) is 3.91.